The number of allylic oxidation sites excluding steroid dienone is 1. The summed E-state index contributed by atoms with van der Waals surface area (Å²) in [5.74, 6) is -1.24. The van der Waals surface area contributed by atoms with Gasteiger partial charge in [-0.15, -0.1) is 19.0 Å². The Labute approximate surface area is 100 Å². The molecule has 1 aromatic carbocycles. The third-order valence-electron chi connectivity index (χ3n) is 2.24. The van der Waals surface area contributed by atoms with Crippen LogP contribution in [0.25, 0.3) is 0 Å². The molecule has 5 N–H and O–H groups in total. The summed E-state index contributed by atoms with van der Waals surface area (Å²) < 4.78 is 0. The Bertz CT molecular complexity index is 368. The fraction of sp³-hybridized carbons (Fsp3) is 0.273. The molecule has 0 amide bonds. The van der Waals surface area contributed by atoms with Crippen molar-refractivity contribution >= 4 is 12.4 Å². The SMILES string of the molecule is C=CCC[C@H](N)c1ccc(O)c(O)c1O.Cl. The van der Waals surface area contributed by atoms with Gasteiger partial charge in [-0.3, -0.25) is 0 Å². The standard InChI is InChI=1S/C11H15NO3.ClH/c1-2-3-4-8(12)7-5-6-9(13)11(15)10(7)14;/h2,5-6,8,13-15H,1,3-4,12H2;1H/t8-;/m0./s1. The summed E-state index contributed by atoms with van der Waals surface area (Å²) in [5, 5.41) is 27.9. The second kappa shape index (κ2) is 6.25. The van der Waals surface area contributed by atoms with Gasteiger partial charge in [-0.1, -0.05) is 6.08 Å². The molecule has 0 aliphatic carbocycles. The quantitative estimate of drug-likeness (QED) is 0.484. The van der Waals surface area contributed by atoms with Crippen LogP contribution in [-0.2, 0) is 0 Å². The zero-order chi connectivity index (χ0) is 11.4. The van der Waals surface area contributed by atoms with Crippen LogP contribution in [0.1, 0.15) is 24.4 Å². The summed E-state index contributed by atoms with van der Waals surface area (Å²) in [5.41, 5.74) is 6.22. The summed E-state index contributed by atoms with van der Waals surface area (Å²) in [4.78, 5) is 0. The lowest BCUT2D eigenvalue weighted by Gasteiger charge is -2.13. The minimum Gasteiger partial charge on any atom is -0.504 e. The van der Waals surface area contributed by atoms with Crippen LogP contribution < -0.4 is 5.73 Å². The Kier molecular flexibility index (Phi) is 5.71. The monoisotopic (exact) mass is 245 g/mol. The third kappa shape index (κ3) is 3.05. The molecule has 0 spiro atoms. The number of halogens is 1. The van der Waals surface area contributed by atoms with E-state index in [2.05, 4.69) is 6.58 Å². The smallest absolute Gasteiger partial charge is 0.200 e. The van der Waals surface area contributed by atoms with Crippen LogP contribution in [0.15, 0.2) is 24.8 Å². The molecule has 5 heteroatoms. The van der Waals surface area contributed by atoms with Crippen molar-refractivity contribution in [3.8, 4) is 17.2 Å². The van der Waals surface area contributed by atoms with Crippen LogP contribution in [0, 0.1) is 0 Å². The first kappa shape index (κ1) is 14.6. The average Bonchev–Trinajstić information content (AvgIpc) is 2.23. The van der Waals surface area contributed by atoms with Gasteiger partial charge in [0.05, 0.1) is 0 Å². The first-order chi connectivity index (χ1) is 7.07. The molecule has 4 nitrogen and oxygen atoms in total. The highest BCUT2D eigenvalue weighted by Crippen LogP contribution is 2.39. The van der Waals surface area contributed by atoms with Crippen LogP contribution >= 0.6 is 12.4 Å². The van der Waals surface area contributed by atoms with Gasteiger partial charge in [0, 0.05) is 11.6 Å². The van der Waals surface area contributed by atoms with E-state index in [9.17, 15) is 10.2 Å². The lowest BCUT2D eigenvalue weighted by atomic mass is 10.0. The number of hydrogen-bond donors (Lipinski definition) is 4. The Hall–Kier alpha value is -1.39. The maximum Gasteiger partial charge on any atom is 0.200 e. The molecule has 0 saturated heterocycles. The number of aromatic hydroxyl groups is 3. The van der Waals surface area contributed by atoms with Crippen molar-refractivity contribution in [2.75, 3.05) is 0 Å². The van der Waals surface area contributed by atoms with E-state index in [0.29, 0.717) is 12.0 Å². The van der Waals surface area contributed by atoms with E-state index in [1.165, 1.54) is 12.1 Å². The number of phenolic OH excluding ortho intramolecular Hbond substituents is 3. The molecule has 0 aromatic heterocycles. The van der Waals surface area contributed by atoms with Crippen molar-refractivity contribution in [2.24, 2.45) is 5.73 Å². The molecule has 16 heavy (non-hydrogen) atoms. The molecule has 0 fully saturated rings. The van der Waals surface area contributed by atoms with Crippen molar-refractivity contribution in [3.63, 3.8) is 0 Å². The Morgan fingerprint density at radius 3 is 2.44 bits per heavy atom. The topological polar surface area (TPSA) is 86.7 Å². The molecule has 0 aliphatic heterocycles. The van der Waals surface area contributed by atoms with Gasteiger partial charge in [0.25, 0.3) is 0 Å². The molecule has 0 radical (unpaired) electrons. The van der Waals surface area contributed by atoms with E-state index in [-0.39, 0.29) is 29.9 Å². The number of nitrogens with two attached hydrogens (primary N) is 1. The number of phenols is 3. The van der Waals surface area contributed by atoms with E-state index in [1.807, 2.05) is 0 Å². The summed E-state index contributed by atoms with van der Waals surface area (Å²) in [6.45, 7) is 3.57. The van der Waals surface area contributed by atoms with Gasteiger partial charge in [0.1, 0.15) is 0 Å². The Morgan fingerprint density at radius 1 is 1.25 bits per heavy atom. The van der Waals surface area contributed by atoms with Crippen LogP contribution in [0.4, 0.5) is 0 Å². The van der Waals surface area contributed by atoms with Crippen LogP contribution in [-0.4, -0.2) is 15.3 Å². The summed E-state index contributed by atoms with van der Waals surface area (Å²) in [6, 6.07) is 2.42. The number of benzene rings is 1. The molecular weight excluding hydrogens is 230 g/mol. The first-order valence-electron chi connectivity index (χ1n) is 4.68. The second-order valence-corrected chi connectivity index (χ2v) is 3.34. The summed E-state index contributed by atoms with van der Waals surface area (Å²) in [7, 11) is 0. The summed E-state index contributed by atoms with van der Waals surface area (Å²) in [6.07, 6.45) is 3.08. The molecule has 0 saturated carbocycles. The maximum atomic E-state index is 9.53. The zero-order valence-corrected chi connectivity index (χ0v) is 9.57. The van der Waals surface area contributed by atoms with E-state index in [0.717, 1.165) is 6.42 Å². The van der Waals surface area contributed by atoms with Crippen LogP contribution in [0.3, 0.4) is 0 Å². The molecule has 0 unspecified atom stereocenters. The van der Waals surface area contributed by atoms with E-state index in [4.69, 9.17) is 10.8 Å². The molecule has 1 atom stereocenters. The summed E-state index contributed by atoms with van der Waals surface area (Å²) >= 11 is 0. The van der Waals surface area contributed by atoms with Crippen molar-refractivity contribution in [1.82, 2.24) is 0 Å². The van der Waals surface area contributed by atoms with Crippen molar-refractivity contribution in [3.05, 3.63) is 30.4 Å². The molecule has 1 aromatic rings. The van der Waals surface area contributed by atoms with Gasteiger partial charge < -0.3 is 21.1 Å². The van der Waals surface area contributed by atoms with Gasteiger partial charge in [-0.25, -0.2) is 0 Å². The van der Waals surface area contributed by atoms with Crippen molar-refractivity contribution < 1.29 is 15.3 Å². The molecule has 0 bridgehead atoms. The van der Waals surface area contributed by atoms with Crippen molar-refractivity contribution in [2.45, 2.75) is 18.9 Å². The largest absolute Gasteiger partial charge is 0.504 e. The van der Waals surface area contributed by atoms with Crippen LogP contribution in [0.5, 0.6) is 17.2 Å². The number of rotatable bonds is 4. The first-order valence-corrected chi connectivity index (χ1v) is 4.68. The zero-order valence-electron chi connectivity index (χ0n) is 8.76. The lowest BCUT2D eigenvalue weighted by molar-refractivity contribution is 0.362. The predicted octanol–water partition coefficient (Wildman–Crippen LogP) is 2.19. The van der Waals surface area contributed by atoms with E-state index < -0.39 is 5.75 Å². The lowest BCUT2D eigenvalue weighted by Crippen LogP contribution is -2.09. The fourth-order valence-electron chi connectivity index (χ4n) is 1.34. The van der Waals surface area contributed by atoms with Crippen LogP contribution in [0.2, 0.25) is 0 Å². The Morgan fingerprint density at radius 2 is 1.88 bits per heavy atom. The average molecular weight is 246 g/mol. The fourth-order valence-corrected chi connectivity index (χ4v) is 1.34. The molecule has 0 aliphatic rings. The second-order valence-electron chi connectivity index (χ2n) is 3.34. The highest BCUT2D eigenvalue weighted by atomic mass is 35.5. The van der Waals surface area contributed by atoms with Gasteiger partial charge >= 0.3 is 0 Å². The normalized spacial score (nSPS) is 11.6. The minimum absolute atomic E-state index is 0. The Balaban J connectivity index is 0.00000225. The maximum absolute atomic E-state index is 9.53. The van der Waals surface area contributed by atoms with Gasteiger partial charge in [0.15, 0.2) is 11.5 Å². The van der Waals surface area contributed by atoms with Gasteiger partial charge in [-0.05, 0) is 25.0 Å². The molecular formula is C11H16ClNO3. The number of hydrogen-bond acceptors (Lipinski definition) is 4. The van der Waals surface area contributed by atoms with Crippen molar-refractivity contribution in [1.29, 1.82) is 0 Å². The third-order valence-corrected chi connectivity index (χ3v) is 2.24. The van der Waals surface area contributed by atoms with E-state index >= 15 is 0 Å². The molecule has 0 heterocycles. The van der Waals surface area contributed by atoms with Gasteiger partial charge in [-0.2, -0.15) is 0 Å². The highest BCUT2D eigenvalue weighted by molar-refractivity contribution is 5.85. The predicted molar refractivity (Wildman–Crippen MR) is 65.0 cm³/mol. The van der Waals surface area contributed by atoms with E-state index in [1.54, 1.807) is 6.08 Å². The molecule has 1 rings (SSSR count). The molecule has 90 valence electrons. The highest BCUT2D eigenvalue weighted by Gasteiger charge is 2.15. The van der Waals surface area contributed by atoms with Gasteiger partial charge in [0.2, 0.25) is 5.75 Å². The minimum atomic E-state index is -0.526.